The zero-order chi connectivity index (χ0) is 10.6. The minimum absolute atomic E-state index is 0.0488. The minimum Gasteiger partial charge on any atom is -0.329 e. The molecule has 3 heteroatoms. The summed E-state index contributed by atoms with van der Waals surface area (Å²) in [6.07, 6.45) is 4.56. The number of carbonyl (C=O) groups is 1. The van der Waals surface area contributed by atoms with Crippen LogP contribution in [-0.4, -0.2) is 11.8 Å². The standard InChI is InChI=1S/C11H18ClNO/c1-3-9-6-4-5-8(2)11(9)13-10(14)7-12/h8H,3-7H2,1-2H3,(H,13,14). The van der Waals surface area contributed by atoms with Gasteiger partial charge in [-0.05, 0) is 31.6 Å². The van der Waals surface area contributed by atoms with Crippen LogP contribution in [-0.2, 0) is 4.79 Å². The number of hydrogen-bond donors (Lipinski definition) is 1. The number of carbonyl (C=O) groups excluding carboxylic acids is 1. The van der Waals surface area contributed by atoms with Crippen molar-refractivity contribution in [1.29, 1.82) is 0 Å². The van der Waals surface area contributed by atoms with Gasteiger partial charge in [-0.2, -0.15) is 0 Å². The highest BCUT2D eigenvalue weighted by molar-refractivity contribution is 6.27. The molecule has 0 heterocycles. The van der Waals surface area contributed by atoms with Crippen molar-refractivity contribution in [2.45, 2.75) is 39.5 Å². The van der Waals surface area contributed by atoms with Crippen LogP contribution in [0.5, 0.6) is 0 Å². The lowest BCUT2D eigenvalue weighted by atomic mass is 9.87. The van der Waals surface area contributed by atoms with Gasteiger partial charge in [0.15, 0.2) is 0 Å². The second kappa shape index (κ2) is 5.40. The van der Waals surface area contributed by atoms with Gasteiger partial charge < -0.3 is 5.32 Å². The lowest BCUT2D eigenvalue weighted by Crippen LogP contribution is -2.30. The first-order chi connectivity index (χ1) is 6.69. The normalized spacial score (nSPS) is 22.4. The number of hydrogen-bond acceptors (Lipinski definition) is 1. The Morgan fingerprint density at radius 3 is 2.93 bits per heavy atom. The van der Waals surface area contributed by atoms with Crippen molar-refractivity contribution in [3.63, 3.8) is 0 Å². The minimum atomic E-state index is -0.0821. The Hall–Kier alpha value is -0.500. The van der Waals surface area contributed by atoms with Crippen molar-refractivity contribution in [3.05, 3.63) is 11.3 Å². The van der Waals surface area contributed by atoms with Gasteiger partial charge >= 0.3 is 0 Å². The van der Waals surface area contributed by atoms with Gasteiger partial charge in [0.1, 0.15) is 5.88 Å². The van der Waals surface area contributed by atoms with Crippen LogP contribution in [0.1, 0.15) is 39.5 Å². The summed E-state index contributed by atoms with van der Waals surface area (Å²) in [6.45, 7) is 4.30. The van der Waals surface area contributed by atoms with Gasteiger partial charge in [-0.1, -0.05) is 19.4 Å². The van der Waals surface area contributed by atoms with Crippen molar-refractivity contribution in [1.82, 2.24) is 5.32 Å². The average molecular weight is 216 g/mol. The molecular weight excluding hydrogens is 198 g/mol. The van der Waals surface area contributed by atoms with Crippen LogP contribution < -0.4 is 5.32 Å². The summed E-state index contributed by atoms with van der Waals surface area (Å²) in [5.41, 5.74) is 2.52. The second-order valence-corrected chi connectivity index (χ2v) is 4.11. The summed E-state index contributed by atoms with van der Waals surface area (Å²) in [4.78, 5) is 11.2. The highest BCUT2D eigenvalue weighted by Gasteiger charge is 2.19. The quantitative estimate of drug-likeness (QED) is 0.721. The summed E-state index contributed by atoms with van der Waals surface area (Å²) >= 11 is 5.48. The Morgan fingerprint density at radius 1 is 1.64 bits per heavy atom. The number of amides is 1. The van der Waals surface area contributed by atoms with Crippen molar-refractivity contribution < 1.29 is 4.79 Å². The van der Waals surface area contributed by atoms with E-state index in [-0.39, 0.29) is 11.8 Å². The number of alkyl halides is 1. The molecule has 1 aliphatic rings. The van der Waals surface area contributed by atoms with E-state index in [9.17, 15) is 4.79 Å². The van der Waals surface area contributed by atoms with E-state index in [1.807, 2.05) is 0 Å². The van der Waals surface area contributed by atoms with E-state index >= 15 is 0 Å². The van der Waals surface area contributed by atoms with Crippen molar-refractivity contribution in [2.24, 2.45) is 5.92 Å². The lowest BCUT2D eigenvalue weighted by Gasteiger charge is -2.25. The molecule has 0 fully saturated rings. The maximum atomic E-state index is 11.2. The van der Waals surface area contributed by atoms with Gasteiger partial charge in [-0.3, -0.25) is 4.79 Å². The van der Waals surface area contributed by atoms with Crippen LogP contribution in [0.15, 0.2) is 11.3 Å². The first-order valence-electron chi connectivity index (χ1n) is 5.26. The van der Waals surface area contributed by atoms with Gasteiger partial charge in [0.05, 0.1) is 0 Å². The van der Waals surface area contributed by atoms with Gasteiger partial charge in [0.25, 0.3) is 0 Å². The molecule has 0 aromatic heterocycles. The molecule has 1 amide bonds. The Bertz CT molecular complexity index is 248. The maximum Gasteiger partial charge on any atom is 0.239 e. The van der Waals surface area contributed by atoms with E-state index in [1.165, 1.54) is 18.4 Å². The smallest absolute Gasteiger partial charge is 0.239 e. The van der Waals surface area contributed by atoms with Crippen LogP contribution in [0.4, 0.5) is 0 Å². The van der Waals surface area contributed by atoms with Crippen LogP contribution >= 0.6 is 11.6 Å². The molecule has 1 N–H and O–H groups in total. The molecule has 1 atom stereocenters. The molecule has 0 aromatic rings. The Balaban J connectivity index is 2.76. The molecule has 0 aromatic carbocycles. The molecule has 2 nitrogen and oxygen atoms in total. The molecule has 0 saturated heterocycles. The third kappa shape index (κ3) is 2.74. The molecule has 1 unspecified atom stereocenters. The predicted octanol–water partition coefficient (Wildman–Crippen LogP) is 2.83. The lowest BCUT2D eigenvalue weighted by molar-refractivity contribution is -0.118. The Morgan fingerprint density at radius 2 is 2.36 bits per heavy atom. The number of nitrogens with one attached hydrogen (secondary N) is 1. The first kappa shape index (κ1) is 11.6. The number of allylic oxidation sites excluding steroid dienone is 2. The highest BCUT2D eigenvalue weighted by Crippen LogP contribution is 2.29. The molecule has 0 radical (unpaired) electrons. The van der Waals surface area contributed by atoms with Crippen LogP contribution in [0.25, 0.3) is 0 Å². The Labute approximate surface area is 90.7 Å². The van der Waals surface area contributed by atoms with Crippen LogP contribution in [0, 0.1) is 5.92 Å². The van der Waals surface area contributed by atoms with E-state index in [0.717, 1.165) is 18.5 Å². The molecule has 1 rings (SSSR count). The van der Waals surface area contributed by atoms with Gasteiger partial charge in [-0.15, -0.1) is 11.6 Å². The zero-order valence-corrected chi connectivity index (χ0v) is 9.66. The molecule has 14 heavy (non-hydrogen) atoms. The molecular formula is C11H18ClNO. The van der Waals surface area contributed by atoms with Crippen LogP contribution in [0.3, 0.4) is 0 Å². The maximum absolute atomic E-state index is 11.2. The van der Waals surface area contributed by atoms with Gasteiger partial charge in [0.2, 0.25) is 5.91 Å². The number of halogens is 1. The van der Waals surface area contributed by atoms with E-state index in [0.29, 0.717) is 5.92 Å². The average Bonchev–Trinajstić information content (AvgIpc) is 2.20. The summed E-state index contributed by atoms with van der Waals surface area (Å²) in [5, 5.41) is 2.93. The fraction of sp³-hybridized carbons (Fsp3) is 0.727. The van der Waals surface area contributed by atoms with Crippen molar-refractivity contribution in [2.75, 3.05) is 5.88 Å². The molecule has 0 aliphatic heterocycles. The summed E-state index contributed by atoms with van der Waals surface area (Å²) in [6, 6.07) is 0. The highest BCUT2D eigenvalue weighted by atomic mass is 35.5. The summed E-state index contributed by atoms with van der Waals surface area (Å²) in [7, 11) is 0. The third-order valence-electron chi connectivity index (χ3n) is 2.81. The fourth-order valence-corrected chi connectivity index (χ4v) is 2.08. The largest absolute Gasteiger partial charge is 0.329 e. The monoisotopic (exact) mass is 215 g/mol. The van der Waals surface area contributed by atoms with Crippen molar-refractivity contribution in [3.8, 4) is 0 Å². The molecule has 1 aliphatic carbocycles. The predicted molar refractivity (Wildman–Crippen MR) is 59.2 cm³/mol. The van der Waals surface area contributed by atoms with E-state index < -0.39 is 0 Å². The SMILES string of the molecule is CCC1=C(NC(=O)CCl)C(C)CCC1. The topological polar surface area (TPSA) is 29.1 Å². The molecule has 0 saturated carbocycles. The summed E-state index contributed by atoms with van der Waals surface area (Å²) in [5.74, 6) is 0.444. The summed E-state index contributed by atoms with van der Waals surface area (Å²) < 4.78 is 0. The Kier molecular flexibility index (Phi) is 4.46. The fourth-order valence-electron chi connectivity index (χ4n) is 2.01. The van der Waals surface area contributed by atoms with Gasteiger partial charge in [0, 0.05) is 5.70 Å². The molecule has 0 bridgehead atoms. The van der Waals surface area contributed by atoms with Crippen LogP contribution in [0.2, 0.25) is 0 Å². The van der Waals surface area contributed by atoms with E-state index in [2.05, 4.69) is 19.2 Å². The first-order valence-corrected chi connectivity index (χ1v) is 5.80. The van der Waals surface area contributed by atoms with E-state index in [4.69, 9.17) is 11.6 Å². The van der Waals surface area contributed by atoms with E-state index in [1.54, 1.807) is 0 Å². The number of rotatable bonds is 3. The molecule has 80 valence electrons. The third-order valence-corrected chi connectivity index (χ3v) is 3.05. The second-order valence-electron chi connectivity index (χ2n) is 3.85. The van der Waals surface area contributed by atoms with Crippen molar-refractivity contribution >= 4 is 17.5 Å². The zero-order valence-electron chi connectivity index (χ0n) is 8.90. The van der Waals surface area contributed by atoms with Gasteiger partial charge in [-0.25, -0.2) is 0 Å². The molecule has 0 spiro atoms.